The van der Waals surface area contributed by atoms with E-state index in [-0.39, 0.29) is 17.8 Å². The third-order valence-corrected chi connectivity index (χ3v) is 4.55. The molecule has 0 aliphatic carbocycles. The number of thioether (sulfide) groups is 1. The van der Waals surface area contributed by atoms with Crippen molar-refractivity contribution in [1.82, 2.24) is 4.57 Å². The topological polar surface area (TPSA) is 71.4 Å². The minimum atomic E-state index is 0.0726. The maximum absolute atomic E-state index is 10.1. The number of nitrogens with zero attached hydrogens (tertiary/aromatic N) is 1. The molecule has 1 unspecified atom stereocenters. The summed E-state index contributed by atoms with van der Waals surface area (Å²) < 4.78 is 1.59. The minimum absolute atomic E-state index is 0.0726. The van der Waals surface area contributed by atoms with Crippen molar-refractivity contribution in [3.8, 4) is 11.8 Å². The Labute approximate surface area is 126 Å². The Hall–Kier alpha value is -0.810. The molecule has 4 nitrogen and oxygen atoms in total. The van der Waals surface area contributed by atoms with Crippen LogP contribution in [0.3, 0.4) is 0 Å². The summed E-state index contributed by atoms with van der Waals surface area (Å²) >= 11 is 1.48. The zero-order valence-electron chi connectivity index (χ0n) is 12.6. The fraction of sp³-hybridized carbons (Fsp3) is 0.733. The monoisotopic (exact) mass is 300 g/mol. The van der Waals surface area contributed by atoms with Gasteiger partial charge >= 0.3 is 0 Å². The fourth-order valence-corrected chi connectivity index (χ4v) is 2.97. The van der Waals surface area contributed by atoms with Gasteiger partial charge in [-0.05, 0) is 13.3 Å². The molecule has 0 saturated heterocycles. The third-order valence-electron chi connectivity index (χ3n) is 3.25. The number of aromatic hydroxyl groups is 2. The van der Waals surface area contributed by atoms with Crippen LogP contribution >= 0.6 is 11.8 Å². The van der Waals surface area contributed by atoms with Crippen molar-refractivity contribution in [3.63, 3.8) is 0 Å². The van der Waals surface area contributed by atoms with Gasteiger partial charge in [0, 0.05) is 24.4 Å². The summed E-state index contributed by atoms with van der Waals surface area (Å²) in [5.41, 5.74) is 5.70. The quantitative estimate of drug-likeness (QED) is 0.455. The summed E-state index contributed by atoms with van der Waals surface area (Å²) in [4.78, 5) is 0.714. The van der Waals surface area contributed by atoms with Gasteiger partial charge in [-0.1, -0.05) is 39.0 Å². The van der Waals surface area contributed by atoms with Gasteiger partial charge in [0.2, 0.25) is 5.88 Å². The summed E-state index contributed by atoms with van der Waals surface area (Å²) in [6.45, 7) is 4.80. The van der Waals surface area contributed by atoms with E-state index in [1.807, 2.05) is 6.92 Å². The van der Waals surface area contributed by atoms with Gasteiger partial charge in [-0.3, -0.25) is 4.57 Å². The lowest BCUT2D eigenvalue weighted by Gasteiger charge is -2.07. The Morgan fingerprint density at radius 1 is 1.20 bits per heavy atom. The summed E-state index contributed by atoms with van der Waals surface area (Å²) in [7, 11) is 0. The Bertz CT molecular complexity index is 391. The second kappa shape index (κ2) is 9.19. The molecule has 0 aliphatic heterocycles. The summed E-state index contributed by atoms with van der Waals surface area (Å²) in [5.74, 6) is 1.04. The van der Waals surface area contributed by atoms with Crippen LogP contribution in [0.15, 0.2) is 11.0 Å². The fourth-order valence-electron chi connectivity index (χ4n) is 2.10. The number of unbranched alkanes of at least 4 members (excludes halogenated alkanes) is 5. The van der Waals surface area contributed by atoms with Crippen LogP contribution in [0.1, 0.15) is 52.4 Å². The van der Waals surface area contributed by atoms with Crippen LogP contribution < -0.4 is 5.73 Å². The van der Waals surface area contributed by atoms with Crippen molar-refractivity contribution in [1.29, 1.82) is 0 Å². The van der Waals surface area contributed by atoms with Crippen molar-refractivity contribution in [2.24, 2.45) is 5.73 Å². The molecule has 0 spiro atoms. The first-order valence-electron chi connectivity index (χ1n) is 7.56. The van der Waals surface area contributed by atoms with Gasteiger partial charge in [0.25, 0.3) is 0 Å². The Balaban J connectivity index is 2.41. The van der Waals surface area contributed by atoms with Gasteiger partial charge in [-0.15, -0.1) is 11.8 Å². The van der Waals surface area contributed by atoms with Crippen LogP contribution in [0.2, 0.25) is 0 Å². The smallest absolute Gasteiger partial charge is 0.208 e. The third kappa shape index (κ3) is 5.67. The van der Waals surface area contributed by atoms with E-state index in [4.69, 9.17) is 5.73 Å². The van der Waals surface area contributed by atoms with Crippen molar-refractivity contribution in [3.05, 3.63) is 6.07 Å². The van der Waals surface area contributed by atoms with Gasteiger partial charge in [0.15, 0.2) is 5.88 Å². The van der Waals surface area contributed by atoms with Crippen molar-refractivity contribution in [2.75, 3.05) is 5.75 Å². The number of hydrogen-bond acceptors (Lipinski definition) is 4. The number of aromatic nitrogens is 1. The Morgan fingerprint density at radius 2 is 1.85 bits per heavy atom. The Kier molecular flexibility index (Phi) is 7.92. The van der Waals surface area contributed by atoms with Gasteiger partial charge in [-0.25, -0.2) is 0 Å². The zero-order chi connectivity index (χ0) is 15.0. The highest BCUT2D eigenvalue weighted by Gasteiger charge is 2.14. The van der Waals surface area contributed by atoms with E-state index in [0.29, 0.717) is 11.4 Å². The van der Waals surface area contributed by atoms with Gasteiger partial charge < -0.3 is 15.9 Å². The van der Waals surface area contributed by atoms with E-state index in [1.165, 1.54) is 37.4 Å². The molecule has 0 amide bonds. The summed E-state index contributed by atoms with van der Waals surface area (Å²) in [6, 6.07) is 1.70. The standard InChI is InChI=1S/C15H28N2O2S/c1-3-4-5-6-7-8-9-17-14(18)10-13(15(17)19)20-11-12(2)16/h10,12,18-19H,3-9,11,16H2,1-2H3. The highest BCUT2D eigenvalue weighted by Crippen LogP contribution is 2.35. The molecule has 0 saturated carbocycles. The second-order valence-electron chi connectivity index (χ2n) is 5.40. The van der Waals surface area contributed by atoms with Crippen molar-refractivity contribution in [2.45, 2.75) is 69.9 Å². The van der Waals surface area contributed by atoms with Crippen molar-refractivity contribution >= 4 is 11.8 Å². The van der Waals surface area contributed by atoms with Crippen LogP contribution in [-0.2, 0) is 6.54 Å². The van der Waals surface area contributed by atoms with E-state index < -0.39 is 0 Å². The molecule has 1 atom stereocenters. The van der Waals surface area contributed by atoms with Crippen LogP contribution in [0, 0.1) is 0 Å². The van der Waals surface area contributed by atoms with Crippen LogP contribution in [0.25, 0.3) is 0 Å². The number of nitrogens with two attached hydrogens (primary N) is 1. The molecule has 0 aromatic carbocycles. The van der Waals surface area contributed by atoms with Crippen LogP contribution in [-0.4, -0.2) is 26.6 Å². The number of rotatable bonds is 10. The lowest BCUT2D eigenvalue weighted by Crippen LogP contribution is -2.17. The van der Waals surface area contributed by atoms with Crippen molar-refractivity contribution < 1.29 is 10.2 Å². The summed E-state index contributed by atoms with van der Waals surface area (Å²) in [6.07, 6.45) is 7.16. The van der Waals surface area contributed by atoms with Crippen LogP contribution in [0.5, 0.6) is 11.8 Å². The molecule has 1 aromatic heterocycles. The minimum Gasteiger partial charge on any atom is -0.494 e. The molecule has 5 heteroatoms. The first-order valence-corrected chi connectivity index (χ1v) is 8.54. The SMILES string of the molecule is CCCCCCCCn1c(O)cc(SCC(C)N)c1O. The highest BCUT2D eigenvalue weighted by molar-refractivity contribution is 7.99. The first-order chi connectivity index (χ1) is 9.56. The van der Waals surface area contributed by atoms with E-state index in [0.717, 1.165) is 18.6 Å². The second-order valence-corrected chi connectivity index (χ2v) is 6.46. The van der Waals surface area contributed by atoms with Gasteiger partial charge in [0.05, 0.1) is 4.90 Å². The molecule has 0 fully saturated rings. The van der Waals surface area contributed by atoms with Gasteiger partial charge in [0.1, 0.15) is 0 Å². The molecule has 0 radical (unpaired) electrons. The molecule has 1 aromatic rings. The molecule has 4 N–H and O–H groups in total. The molecule has 116 valence electrons. The van der Waals surface area contributed by atoms with E-state index in [9.17, 15) is 10.2 Å². The van der Waals surface area contributed by atoms with E-state index >= 15 is 0 Å². The average molecular weight is 300 g/mol. The Morgan fingerprint density at radius 3 is 2.50 bits per heavy atom. The molecule has 1 heterocycles. The van der Waals surface area contributed by atoms with E-state index in [1.54, 1.807) is 10.6 Å². The van der Waals surface area contributed by atoms with Gasteiger partial charge in [-0.2, -0.15) is 0 Å². The predicted molar refractivity (Wildman–Crippen MR) is 85.5 cm³/mol. The molecule has 0 aliphatic rings. The normalized spacial score (nSPS) is 12.8. The lowest BCUT2D eigenvalue weighted by atomic mass is 10.1. The molecule has 0 bridgehead atoms. The maximum Gasteiger partial charge on any atom is 0.208 e. The van der Waals surface area contributed by atoms with E-state index in [2.05, 4.69) is 6.92 Å². The molecule has 1 rings (SSSR count). The zero-order valence-corrected chi connectivity index (χ0v) is 13.5. The largest absolute Gasteiger partial charge is 0.494 e. The van der Waals surface area contributed by atoms with Crippen LogP contribution in [0.4, 0.5) is 0 Å². The number of hydrogen-bond donors (Lipinski definition) is 3. The first kappa shape index (κ1) is 17.2. The average Bonchev–Trinajstić information content (AvgIpc) is 2.67. The highest BCUT2D eigenvalue weighted by atomic mass is 32.2. The lowest BCUT2D eigenvalue weighted by molar-refractivity contribution is 0.357. The predicted octanol–water partition coefficient (Wildman–Crippen LogP) is 3.70. The molecular weight excluding hydrogens is 272 g/mol. The maximum atomic E-state index is 10.1. The summed E-state index contributed by atoms with van der Waals surface area (Å²) in [5, 5.41) is 20.0. The molecule has 20 heavy (non-hydrogen) atoms. The molecular formula is C15H28N2O2S.